The molecule has 120 valence electrons. The normalized spacial score (nSPS) is 20.8. The van der Waals surface area contributed by atoms with E-state index in [0.717, 1.165) is 12.2 Å². The second-order valence-electron chi connectivity index (χ2n) is 6.01. The van der Waals surface area contributed by atoms with Crippen molar-refractivity contribution in [2.45, 2.75) is 50.8 Å². The molecule has 2 rings (SSSR count). The van der Waals surface area contributed by atoms with Gasteiger partial charge in [-0.05, 0) is 30.9 Å². The lowest BCUT2D eigenvalue weighted by Gasteiger charge is -2.19. The first-order chi connectivity index (χ1) is 10.5. The van der Waals surface area contributed by atoms with Crippen LogP contribution in [0.15, 0.2) is 24.3 Å². The van der Waals surface area contributed by atoms with Crippen LogP contribution in [-0.4, -0.2) is 23.2 Å². The summed E-state index contributed by atoms with van der Waals surface area (Å²) in [6, 6.07) is 8.24. The van der Waals surface area contributed by atoms with Gasteiger partial charge >= 0.3 is 6.03 Å². The van der Waals surface area contributed by atoms with Crippen molar-refractivity contribution in [2.24, 2.45) is 0 Å². The predicted octanol–water partition coefficient (Wildman–Crippen LogP) is 3.25. The van der Waals surface area contributed by atoms with Crippen LogP contribution in [0.1, 0.15) is 44.2 Å². The lowest BCUT2D eigenvalue weighted by atomic mass is 10.1. The van der Waals surface area contributed by atoms with Crippen LogP contribution in [0.25, 0.3) is 0 Å². The number of thioether (sulfide) groups is 1. The summed E-state index contributed by atoms with van der Waals surface area (Å²) in [6.07, 6.45) is 4.87. The number of amides is 3. The molecule has 1 aliphatic rings. The molecular weight excluding hydrogens is 296 g/mol. The van der Waals surface area contributed by atoms with Gasteiger partial charge in [0.1, 0.15) is 5.54 Å². The Bertz CT molecular complexity index is 547. The molecular formula is C17H24N2O2S. The summed E-state index contributed by atoms with van der Waals surface area (Å²) in [5.41, 5.74) is 1.86. The molecule has 1 fully saturated rings. The quantitative estimate of drug-likeness (QED) is 0.571. The zero-order valence-electron chi connectivity index (χ0n) is 13.3. The number of urea groups is 1. The molecule has 5 heteroatoms. The Labute approximate surface area is 136 Å². The number of carbonyl (C=O) groups is 2. The molecule has 1 saturated heterocycles. The molecule has 1 heterocycles. The Morgan fingerprint density at radius 2 is 1.95 bits per heavy atom. The van der Waals surface area contributed by atoms with Crippen LogP contribution in [0.2, 0.25) is 0 Å². The highest BCUT2D eigenvalue weighted by atomic mass is 32.2. The maximum absolute atomic E-state index is 11.7. The highest BCUT2D eigenvalue weighted by Gasteiger charge is 2.41. The third kappa shape index (κ3) is 4.50. The van der Waals surface area contributed by atoms with Crippen molar-refractivity contribution in [3.05, 3.63) is 35.4 Å². The molecule has 1 aromatic rings. The van der Waals surface area contributed by atoms with Crippen LogP contribution in [-0.2, 0) is 17.0 Å². The van der Waals surface area contributed by atoms with Gasteiger partial charge in [0, 0.05) is 11.5 Å². The first kappa shape index (κ1) is 16.9. The lowest BCUT2D eigenvalue weighted by Crippen LogP contribution is -2.46. The van der Waals surface area contributed by atoms with Gasteiger partial charge in [-0.2, -0.15) is 11.8 Å². The maximum atomic E-state index is 11.7. The number of rotatable bonds is 8. The number of aryl methyl sites for hydroxylation is 1. The van der Waals surface area contributed by atoms with Gasteiger partial charge in [-0.3, -0.25) is 10.1 Å². The molecule has 3 amide bonds. The Balaban J connectivity index is 1.83. The Morgan fingerprint density at radius 3 is 2.64 bits per heavy atom. The molecule has 0 spiro atoms. The van der Waals surface area contributed by atoms with E-state index in [1.165, 1.54) is 30.4 Å². The third-order valence-corrected chi connectivity index (χ3v) is 5.16. The maximum Gasteiger partial charge on any atom is 0.322 e. The second-order valence-corrected chi connectivity index (χ2v) is 7.00. The number of hydrogen-bond acceptors (Lipinski definition) is 3. The van der Waals surface area contributed by atoms with E-state index in [1.807, 2.05) is 0 Å². The minimum Gasteiger partial charge on any atom is -0.323 e. The van der Waals surface area contributed by atoms with Gasteiger partial charge in [0.15, 0.2) is 0 Å². The van der Waals surface area contributed by atoms with Gasteiger partial charge in [0.25, 0.3) is 5.91 Å². The first-order valence-corrected chi connectivity index (χ1v) is 8.98. The standard InChI is InChI=1S/C17H24N2O2S/c1-3-4-5-7-13-8-6-9-14(10-13)11-22-12-17(2)15(20)18-16(21)19-17/h6,8-10H,3-5,7,11-12H2,1-2H3,(H2,18,19,20,21)/t17-/m1/s1. The fourth-order valence-electron chi connectivity index (χ4n) is 2.51. The van der Waals surface area contributed by atoms with E-state index in [-0.39, 0.29) is 5.91 Å². The van der Waals surface area contributed by atoms with Crippen LogP contribution in [0.4, 0.5) is 4.79 Å². The molecule has 0 radical (unpaired) electrons. The predicted molar refractivity (Wildman–Crippen MR) is 90.9 cm³/mol. The molecule has 1 aliphatic heterocycles. The van der Waals surface area contributed by atoms with E-state index in [2.05, 4.69) is 41.8 Å². The van der Waals surface area contributed by atoms with Gasteiger partial charge in [-0.15, -0.1) is 0 Å². The minimum absolute atomic E-state index is 0.238. The summed E-state index contributed by atoms with van der Waals surface area (Å²) in [4.78, 5) is 23.0. The first-order valence-electron chi connectivity index (χ1n) is 7.82. The largest absolute Gasteiger partial charge is 0.323 e. The number of benzene rings is 1. The lowest BCUT2D eigenvalue weighted by molar-refractivity contribution is -0.122. The van der Waals surface area contributed by atoms with E-state index in [4.69, 9.17) is 0 Å². The number of nitrogens with one attached hydrogen (secondary N) is 2. The summed E-state index contributed by atoms with van der Waals surface area (Å²) >= 11 is 1.67. The van der Waals surface area contributed by atoms with E-state index in [0.29, 0.717) is 5.75 Å². The zero-order valence-corrected chi connectivity index (χ0v) is 14.1. The highest BCUT2D eigenvalue weighted by molar-refractivity contribution is 7.98. The molecule has 0 unspecified atom stereocenters. The van der Waals surface area contributed by atoms with Gasteiger partial charge in [0.2, 0.25) is 0 Å². The highest BCUT2D eigenvalue weighted by Crippen LogP contribution is 2.21. The Hall–Kier alpha value is -1.49. The molecule has 0 aliphatic carbocycles. The second kappa shape index (κ2) is 7.68. The fourth-order valence-corrected chi connectivity index (χ4v) is 3.64. The van der Waals surface area contributed by atoms with Crippen LogP contribution in [0.5, 0.6) is 0 Å². The monoisotopic (exact) mass is 320 g/mol. The summed E-state index contributed by atoms with van der Waals surface area (Å²) < 4.78 is 0. The third-order valence-electron chi connectivity index (χ3n) is 3.84. The summed E-state index contributed by atoms with van der Waals surface area (Å²) in [5.74, 6) is 1.18. The molecule has 0 aromatic heterocycles. The van der Waals surface area contributed by atoms with Crippen LogP contribution >= 0.6 is 11.8 Å². The van der Waals surface area contributed by atoms with Gasteiger partial charge in [0.05, 0.1) is 0 Å². The molecule has 1 aromatic carbocycles. The average molecular weight is 320 g/mol. The Kier molecular flexibility index (Phi) is 5.89. The Morgan fingerprint density at radius 1 is 1.18 bits per heavy atom. The van der Waals surface area contributed by atoms with E-state index in [1.54, 1.807) is 18.7 Å². The van der Waals surface area contributed by atoms with Crippen LogP contribution in [0.3, 0.4) is 0 Å². The van der Waals surface area contributed by atoms with Gasteiger partial charge in [-0.1, -0.05) is 44.0 Å². The van der Waals surface area contributed by atoms with Crippen molar-refractivity contribution in [3.8, 4) is 0 Å². The summed E-state index contributed by atoms with van der Waals surface area (Å²) in [6.45, 7) is 3.98. The van der Waals surface area contributed by atoms with E-state index >= 15 is 0 Å². The summed E-state index contributed by atoms with van der Waals surface area (Å²) in [7, 11) is 0. The van der Waals surface area contributed by atoms with Crippen molar-refractivity contribution in [2.75, 3.05) is 5.75 Å². The van der Waals surface area contributed by atoms with Crippen LogP contribution in [0, 0.1) is 0 Å². The molecule has 1 atom stereocenters. The van der Waals surface area contributed by atoms with E-state index < -0.39 is 11.6 Å². The van der Waals surface area contributed by atoms with Crippen molar-refractivity contribution >= 4 is 23.7 Å². The number of hydrogen-bond donors (Lipinski definition) is 2. The zero-order chi connectivity index (χ0) is 16.0. The molecule has 22 heavy (non-hydrogen) atoms. The van der Waals surface area contributed by atoms with Crippen molar-refractivity contribution < 1.29 is 9.59 Å². The summed E-state index contributed by atoms with van der Waals surface area (Å²) in [5, 5.41) is 4.98. The molecule has 2 N–H and O–H groups in total. The van der Waals surface area contributed by atoms with E-state index in [9.17, 15) is 9.59 Å². The topological polar surface area (TPSA) is 58.2 Å². The minimum atomic E-state index is -0.791. The molecule has 0 bridgehead atoms. The SMILES string of the molecule is CCCCCc1cccc(CSC[C@@]2(C)NC(=O)NC2=O)c1. The molecule has 0 saturated carbocycles. The van der Waals surface area contributed by atoms with Crippen molar-refractivity contribution in [3.63, 3.8) is 0 Å². The van der Waals surface area contributed by atoms with Crippen molar-refractivity contribution in [1.29, 1.82) is 0 Å². The van der Waals surface area contributed by atoms with Crippen LogP contribution < -0.4 is 10.6 Å². The number of unbranched alkanes of at least 4 members (excludes halogenated alkanes) is 2. The van der Waals surface area contributed by atoms with Gasteiger partial charge < -0.3 is 5.32 Å². The van der Waals surface area contributed by atoms with Crippen molar-refractivity contribution in [1.82, 2.24) is 10.6 Å². The average Bonchev–Trinajstić information content (AvgIpc) is 2.73. The number of carbonyl (C=O) groups excluding carboxylic acids is 2. The number of imide groups is 1. The van der Waals surface area contributed by atoms with Gasteiger partial charge in [-0.25, -0.2) is 4.79 Å². The fraction of sp³-hybridized carbons (Fsp3) is 0.529. The molecule has 4 nitrogen and oxygen atoms in total. The smallest absolute Gasteiger partial charge is 0.322 e.